The van der Waals surface area contributed by atoms with Crippen LogP contribution in [-0.4, -0.2) is 27.3 Å². The summed E-state index contributed by atoms with van der Waals surface area (Å²) in [7, 11) is 1.65. The number of hydrogen-bond acceptors (Lipinski definition) is 3. The molecule has 0 saturated carbocycles. The Labute approximate surface area is 99.2 Å². The average molecular weight is 241 g/mol. The van der Waals surface area contributed by atoms with Crippen LogP contribution in [0.5, 0.6) is 0 Å². The number of hydrogen-bond donors (Lipinski definition) is 3. The van der Waals surface area contributed by atoms with Gasteiger partial charge in [-0.05, 0) is 18.6 Å². The molecule has 1 rings (SSSR count). The van der Waals surface area contributed by atoms with Crippen LogP contribution in [0, 0.1) is 0 Å². The lowest BCUT2D eigenvalue weighted by atomic mass is 10.3. The highest BCUT2D eigenvalue weighted by Crippen LogP contribution is 2.12. The summed E-state index contributed by atoms with van der Waals surface area (Å²) in [5, 5.41) is 10.3. The third-order valence-corrected chi connectivity index (χ3v) is 2.20. The first-order valence-electron chi connectivity index (χ1n) is 4.93. The topological polar surface area (TPSA) is 85.0 Å². The predicted octanol–water partition coefficient (Wildman–Crippen LogP) is 0.215. The molecule has 7 heteroatoms. The molecule has 0 radical (unpaired) electrons. The van der Waals surface area contributed by atoms with Gasteiger partial charge in [0.1, 0.15) is 5.69 Å². The summed E-state index contributed by atoms with van der Waals surface area (Å²) in [4.78, 5) is 11.2. The van der Waals surface area contributed by atoms with E-state index in [1.807, 2.05) is 6.92 Å². The van der Waals surface area contributed by atoms with Crippen molar-refractivity contribution in [2.75, 3.05) is 11.9 Å². The number of rotatable bonds is 4. The number of aromatic nitrogens is 2. The highest BCUT2D eigenvalue weighted by molar-refractivity contribution is 7.80. The van der Waals surface area contributed by atoms with E-state index in [-0.39, 0.29) is 0 Å². The van der Waals surface area contributed by atoms with Gasteiger partial charge in [0.15, 0.2) is 5.11 Å². The number of anilines is 1. The van der Waals surface area contributed by atoms with Gasteiger partial charge in [-0.3, -0.25) is 9.48 Å². The fourth-order valence-corrected chi connectivity index (χ4v) is 1.44. The molecule has 0 fully saturated rings. The second-order valence-electron chi connectivity index (χ2n) is 3.28. The maximum atomic E-state index is 11.2. The van der Waals surface area contributed by atoms with Gasteiger partial charge >= 0.3 is 0 Å². The molecule has 88 valence electrons. The number of nitrogens with one attached hydrogen (secondary N) is 2. The van der Waals surface area contributed by atoms with Gasteiger partial charge in [-0.2, -0.15) is 5.10 Å². The Morgan fingerprint density at radius 1 is 1.69 bits per heavy atom. The first-order chi connectivity index (χ1) is 7.56. The molecule has 4 N–H and O–H groups in total. The summed E-state index contributed by atoms with van der Waals surface area (Å²) in [6.45, 7) is 2.81. The maximum absolute atomic E-state index is 11.2. The number of nitrogens with two attached hydrogens (primary N) is 1. The number of primary amides is 1. The van der Waals surface area contributed by atoms with Crippen molar-refractivity contribution in [2.45, 2.75) is 13.3 Å². The van der Waals surface area contributed by atoms with Gasteiger partial charge < -0.3 is 16.4 Å². The minimum absolute atomic E-state index is 0.306. The maximum Gasteiger partial charge on any atom is 0.269 e. The van der Waals surface area contributed by atoms with E-state index in [9.17, 15) is 4.79 Å². The lowest BCUT2D eigenvalue weighted by Crippen LogP contribution is -2.30. The van der Waals surface area contributed by atoms with Gasteiger partial charge in [0.2, 0.25) is 0 Å². The fraction of sp³-hybridized carbons (Fsp3) is 0.444. The zero-order chi connectivity index (χ0) is 12.1. The second-order valence-corrected chi connectivity index (χ2v) is 3.68. The molecule has 1 heterocycles. The number of aryl methyl sites for hydroxylation is 1. The normalized spacial score (nSPS) is 9.88. The highest BCUT2D eigenvalue weighted by Gasteiger charge is 2.14. The monoisotopic (exact) mass is 241 g/mol. The van der Waals surface area contributed by atoms with Crippen LogP contribution in [0.1, 0.15) is 23.8 Å². The van der Waals surface area contributed by atoms with E-state index in [4.69, 9.17) is 18.0 Å². The Kier molecular flexibility index (Phi) is 4.24. The lowest BCUT2D eigenvalue weighted by Gasteiger charge is -2.08. The molecule has 1 aromatic rings. The van der Waals surface area contributed by atoms with Gasteiger partial charge in [-0.15, -0.1) is 0 Å². The number of carbonyl (C=O) groups is 1. The third kappa shape index (κ3) is 2.93. The quantitative estimate of drug-likeness (QED) is 0.656. The van der Waals surface area contributed by atoms with E-state index in [2.05, 4.69) is 15.7 Å². The molecule has 1 amide bonds. The molecule has 0 unspecified atom stereocenters. The second kappa shape index (κ2) is 5.45. The molecule has 0 aliphatic rings. The standard InChI is InChI=1S/C9H15N5OS/c1-3-4-11-9(16)13-6-5-12-14(2)7(6)8(10)15/h5H,3-4H2,1-2H3,(H2,10,15)(H2,11,13,16). The van der Waals surface area contributed by atoms with Crippen molar-refractivity contribution in [3.05, 3.63) is 11.9 Å². The molecule has 6 nitrogen and oxygen atoms in total. The third-order valence-electron chi connectivity index (χ3n) is 1.96. The largest absolute Gasteiger partial charge is 0.364 e. The first-order valence-corrected chi connectivity index (χ1v) is 5.33. The molecule has 16 heavy (non-hydrogen) atoms. The van der Waals surface area contributed by atoms with Gasteiger partial charge in [0.05, 0.1) is 11.9 Å². The van der Waals surface area contributed by atoms with Crippen molar-refractivity contribution in [3.63, 3.8) is 0 Å². The molecular formula is C9H15N5OS. The van der Waals surface area contributed by atoms with E-state index in [0.29, 0.717) is 16.5 Å². The van der Waals surface area contributed by atoms with E-state index >= 15 is 0 Å². The van der Waals surface area contributed by atoms with Crippen LogP contribution in [-0.2, 0) is 7.05 Å². The van der Waals surface area contributed by atoms with E-state index < -0.39 is 5.91 Å². The zero-order valence-corrected chi connectivity index (χ0v) is 10.1. The molecule has 0 aliphatic heterocycles. The van der Waals surface area contributed by atoms with Crippen molar-refractivity contribution in [1.29, 1.82) is 0 Å². The summed E-state index contributed by atoms with van der Waals surface area (Å²) in [6.07, 6.45) is 2.48. The van der Waals surface area contributed by atoms with Crippen LogP contribution in [0.2, 0.25) is 0 Å². The van der Waals surface area contributed by atoms with Crippen molar-refractivity contribution >= 4 is 28.9 Å². The predicted molar refractivity (Wildman–Crippen MR) is 66.2 cm³/mol. The highest BCUT2D eigenvalue weighted by atomic mass is 32.1. The van der Waals surface area contributed by atoms with Gasteiger partial charge in [-0.1, -0.05) is 6.92 Å². The van der Waals surface area contributed by atoms with Crippen molar-refractivity contribution in [3.8, 4) is 0 Å². The zero-order valence-electron chi connectivity index (χ0n) is 9.28. The Morgan fingerprint density at radius 3 is 2.94 bits per heavy atom. The van der Waals surface area contributed by atoms with Crippen molar-refractivity contribution in [2.24, 2.45) is 12.8 Å². The smallest absolute Gasteiger partial charge is 0.269 e. The lowest BCUT2D eigenvalue weighted by molar-refractivity contribution is 0.0992. The Morgan fingerprint density at radius 2 is 2.38 bits per heavy atom. The van der Waals surface area contributed by atoms with Gasteiger partial charge in [0.25, 0.3) is 5.91 Å². The summed E-state index contributed by atoms with van der Waals surface area (Å²) < 4.78 is 1.41. The average Bonchev–Trinajstić information content (AvgIpc) is 2.56. The molecule has 0 saturated heterocycles. The van der Waals surface area contributed by atoms with Crippen LogP contribution in [0.3, 0.4) is 0 Å². The minimum atomic E-state index is -0.541. The van der Waals surface area contributed by atoms with E-state index in [1.165, 1.54) is 10.9 Å². The summed E-state index contributed by atoms with van der Waals surface area (Å²) in [6, 6.07) is 0. The fourth-order valence-electron chi connectivity index (χ4n) is 1.23. The summed E-state index contributed by atoms with van der Waals surface area (Å²) in [5.74, 6) is -0.541. The number of thiocarbonyl (C=S) groups is 1. The summed E-state index contributed by atoms with van der Waals surface area (Å²) >= 11 is 5.05. The molecule has 1 aromatic heterocycles. The van der Waals surface area contributed by atoms with Crippen LogP contribution >= 0.6 is 12.2 Å². The summed E-state index contributed by atoms with van der Waals surface area (Å²) in [5.41, 5.74) is 6.06. The molecule has 0 aliphatic carbocycles. The Hall–Kier alpha value is -1.63. The number of carbonyl (C=O) groups excluding carboxylic acids is 1. The number of nitrogens with zero attached hydrogens (tertiary/aromatic N) is 2. The Balaban J connectivity index is 2.74. The SMILES string of the molecule is CCCNC(=S)Nc1cnn(C)c1C(N)=O. The number of amides is 1. The minimum Gasteiger partial charge on any atom is -0.364 e. The molecular weight excluding hydrogens is 226 g/mol. The van der Waals surface area contributed by atoms with Crippen LogP contribution in [0.4, 0.5) is 5.69 Å². The van der Waals surface area contributed by atoms with Crippen molar-refractivity contribution in [1.82, 2.24) is 15.1 Å². The Bertz CT molecular complexity index is 401. The molecule has 0 atom stereocenters. The van der Waals surface area contributed by atoms with Crippen molar-refractivity contribution < 1.29 is 4.79 Å². The van der Waals surface area contributed by atoms with E-state index in [0.717, 1.165) is 13.0 Å². The van der Waals surface area contributed by atoms with Crippen LogP contribution < -0.4 is 16.4 Å². The first kappa shape index (κ1) is 12.4. The molecule has 0 aromatic carbocycles. The van der Waals surface area contributed by atoms with Crippen LogP contribution in [0.15, 0.2) is 6.20 Å². The molecule has 0 bridgehead atoms. The van der Waals surface area contributed by atoms with Crippen LogP contribution in [0.25, 0.3) is 0 Å². The molecule has 0 spiro atoms. The van der Waals surface area contributed by atoms with E-state index in [1.54, 1.807) is 7.05 Å². The van der Waals surface area contributed by atoms with Gasteiger partial charge in [0, 0.05) is 13.6 Å². The van der Waals surface area contributed by atoms with Gasteiger partial charge in [-0.25, -0.2) is 0 Å².